The molecule has 0 radical (unpaired) electrons. The number of carbonyl (C=O) groups excluding carboxylic acids is 1. The minimum atomic E-state index is -0.308. The lowest BCUT2D eigenvalue weighted by Gasteiger charge is -2.12. The lowest BCUT2D eigenvalue weighted by molar-refractivity contribution is 0.262. The van der Waals surface area contributed by atoms with E-state index in [-0.39, 0.29) is 6.03 Å². The minimum absolute atomic E-state index is 0.308. The van der Waals surface area contributed by atoms with Gasteiger partial charge >= 0.3 is 6.03 Å². The van der Waals surface area contributed by atoms with Crippen molar-refractivity contribution in [1.82, 2.24) is 4.98 Å². The second-order valence-corrected chi connectivity index (χ2v) is 7.44. The topological polar surface area (TPSA) is 63.2 Å². The molecule has 1 heterocycles. The van der Waals surface area contributed by atoms with Crippen molar-refractivity contribution in [2.75, 3.05) is 17.7 Å². The Balaban J connectivity index is 1.42. The van der Waals surface area contributed by atoms with E-state index in [1.165, 1.54) is 0 Å². The molecule has 6 heteroatoms. The maximum absolute atomic E-state index is 12.4. The zero-order valence-electron chi connectivity index (χ0n) is 15.8. The molecule has 144 valence electrons. The van der Waals surface area contributed by atoms with Crippen LogP contribution in [0.4, 0.5) is 16.2 Å². The number of pyridine rings is 1. The van der Waals surface area contributed by atoms with Crippen molar-refractivity contribution in [1.29, 1.82) is 0 Å². The minimum Gasteiger partial charge on any atom is -0.496 e. The highest BCUT2D eigenvalue weighted by Crippen LogP contribution is 2.30. The number of amides is 2. The highest BCUT2D eigenvalue weighted by molar-refractivity contribution is 7.99. The molecule has 29 heavy (non-hydrogen) atoms. The normalized spacial score (nSPS) is 10.5. The van der Waals surface area contributed by atoms with Crippen molar-refractivity contribution in [2.24, 2.45) is 0 Å². The molecule has 4 aromatic rings. The molecule has 0 aliphatic carbocycles. The zero-order chi connectivity index (χ0) is 20.1. The van der Waals surface area contributed by atoms with Crippen LogP contribution in [0.25, 0.3) is 10.8 Å². The van der Waals surface area contributed by atoms with Crippen molar-refractivity contribution in [3.8, 4) is 5.75 Å². The Morgan fingerprint density at radius 3 is 2.31 bits per heavy atom. The molecule has 0 aliphatic rings. The second-order valence-electron chi connectivity index (χ2n) is 6.29. The van der Waals surface area contributed by atoms with Gasteiger partial charge in [-0.2, -0.15) is 0 Å². The van der Waals surface area contributed by atoms with Crippen LogP contribution in [0.5, 0.6) is 5.75 Å². The Bertz CT molecular complexity index is 1130. The number of fused-ring (bicyclic) bond motifs is 1. The first kappa shape index (κ1) is 18.8. The van der Waals surface area contributed by atoms with E-state index in [1.807, 2.05) is 72.8 Å². The molecule has 0 saturated carbocycles. The number of hydrogen-bond donors (Lipinski definition) is 2. The predicted molar refractivity (Wildman–Crippen MR) is 118 cm³/mol. The standard InChI is InChI=1S/C23H19N3O2S/c1-28-22-15-18(14-16-4-2-3-5-21(16)22)26-23(27)25-17-6-8-19(9-7-17)29-20-10-12-24-13-11-20/h2-15H,1H3,(H2,25,26,27). The van der Waals surface area contributed by atoms with Crippen molar-refractivity contribution in [2.45, 2.75) is 9.79 Å². The Labute approximate surface area is 173 Å². The number of nitrogens with zero attached hydrogens (tertiary/aromatic N) is 1. The summed E-state index contributed by atoms with van der Waals surface area (Å²) in [5.41, 5.74) is 1.39. The fourth-order valence-corrected chi connectivity index (χ4v) is 3.76. The highest BCUT2D eigenvalue weighted by atomic mass is 32.2. The van der Waals surface area contributed by atoms with Crippen molar-refractivity contribution in [3.63, 3.8) is 0 Å². The Kier molecular flexibility index (Phi) is 5.63. The summed E-state index contributed by atoms with van der Waals surface area (Å²) < 4.78 is 5.45. The first-order valence-electron chi connectivity index (χ1n) is 9.04. The van der Waals surface area contributed by atoms with Gasteiger partial charge < -0.3 is 15.4 Å². The van der Waals surface area contributed by atoms with Crippen molar-refractivity contribution in [3.05, 3.63) is 85.2 Å². The van der Waals surface area contributed by atoms with Crippen LogP contribution < -0.4 is 15.4 Å². The number of nitrogens with one attached hydrogen (secondary N) is 2. The van der Waals surface area contributed by atoms with Gasteiger partial charge in [-0.15, -0.1) is 0 Å². The van der Waals surface area contributed by atoms with Crippen LogP contribution in [-0.4, -0.2) is 18.1 Å². The highest BCUT2D eigenvalue weighted by Gasteiger charge is 2.08. The fourth-order valence-electron chi connectivity index (χ4n) is 2.96. The van der Waals surface area contributed by atoms with E-state index in [1.54, 1.807) is 31.3 Å². The molecule has 0 unspecified atom stereocenters. The van der Waals surface area contributed by atoms with Crippen LogP contribution in [0.3, 0.4) is 0 Å². The number of hydrogen-bond acceptors (Lipinski definition) is 4. The number of aromatic nitrogens is 1. The van der Waals surface area contributed by atoms with Crippen molar-refractivity contribution >= 4 is 39.9 Å². The van der Waals surface area contributed by atoms with E-state index in [9.17, 15) is 4.79 Å². The van der Waals surface area contributed by atoms with Gasteiger partial charge in [-0.05, 0) is 47.9 Å². The van der Waals surface area contributed by atoms with Gasteiger partial charge in [-0.3, -0.25) is 4.98 Å². The molecule has 0 saturated heterocycles. The van der Waals surface area contributed by atoms with E-state index in [2.05, 4.69) is 15.6 Å². The molecule has 2 N–H and O–H groups in total. The monoisotopic (exact) mass is 401 g/mol. The smallest absolute Gasteiger partial charge is 0.323 e. The molecule has 0 bridgehead atoms. The molecule has 5 nitrogen and oxygen atoms in total. The molecule has 0 spiro atoms. The van der Waals surface area contributed by atoms with Crippen LogP contribution in [0.1, 0.15) is 0 Å². The third-order valence-electron chi connectivity index (χ3n) is 4.30. The summed E-state index contributed by atoms with van der Waals surface area (Å²) in [7, 11) is 1.62. The Hall–Kier alpha value is -3.51. The summed E-state index contributed by atoms with van der Waals surface area (Å²) in [6, 6.07) is 22.9. The van der Waals surface area contributed by atoms with Gasteiger partial charge in [-0.1, -0.05) is 36.0 Å². The van der Waals surface area contributed by atoms with Gasteiger partial charge in [0.05, 0.1) is 7.11 Å². The number of anilines is 2. The average molecular weight is 401 g/mol. The van der Waals surface area contributed by atoms with E-state index >= 15 is 0 Å². The summed E-state index contributed by atoms with van der Waals surface area (Å²) in [5.74, 6) is 0.718. The van der Waals surface area contributed by atoms with Crippen LogP contribution in [0.15, 0.2) is 95.0 Å². The number of rotatable bonds is 5. The fraction of sp³-hybridized carbons (Fsp3) is 0.0435. The van der Waals surface area contributed by atoms with E-state index < -0.39 is 0 Å². The third kappa shape index (κ3) is 4.67. The Morgan fingerprint density at radius 1 is 0.862 bits per heavy atom. The molecule has 1 aromatic heterocycles. The number of urea groups is 1. The summed E-state index contributed by atoms with van der Waals surface area (Å²) in [6.07, 6.45) is 3.54. The van der Waals surface area contributed by atoms with Gasteiger partial charge in [-0.25, -0.2) is 4.79 Å². The second kappa shape index (κ2) is 8.67. The zero-order valence-corrected chi connectivity index (χ0v) is 16.6. The largest absolute Gasteiger partial charge is 0.496 e. The summed E-state index contributed by atoms with van der Waals surface area (Å²) >= 11 is 1.64. The van der Waals surface area contributed by atoms with E-state index in [0.717, 1.165) is 26.3 Å². The van der Waals surface area contributed by atoms with Crippen LogP contribution in [0.2, 0.25) is 0 Å². The SMILES string of the molecule is COc1cc(NC(=O)Nc2ccc(Sc3ccncc3)cc2)cc2ccccc12. The van der Waals surface area contributed by atoms with Gasteiger partial charge in [0.25, 0.3) is 0 Å². The summed E-state index contributed by atoms with van der Waals surface area (Å²) in [6.45, 7) is 0. The molecule has 3 aromatic carbocycles. The van der Waals surface area contributed by atoms with E-state index in [0.29, 0.717) is 11.4 Å². The van der Waals surface area contributed by atoms with Crippen LogP contribution in [0, 0.1) is 0 Å². The quantitative estimate of drug-likeness (QED) is 0.428. The average Bonchev–Trinajstić information content (AvgIpc) is 2.75. The van der Waals surface area contributed by atoms with Gasteiger partial charge in [0.15, 0.2) is 0 Å². The molecule has 4 rings (SSSR count). The summed E-state index contributed by atoms with van der Waals surface area (Å²) in [4.78, 5) is 18.6. The molecule has 0 aliphatic heterocycles. The predicted octanol–water partition coefficient (Wildman–Crippen LogP) is 6.04. The molecule has 0 fully saturated rings. The molecule has 0 atom stereocenters. The molecular weight excluding hydrogens is 382 g/mol. The maximum atomic E-state index is 12.4. The number of carbonyl (C=O) groups is 1. The Morgan fingerprint density at radius 2 is 1.55 bits per heavy atom. The van der Waals surface area contributed by atoms with Gasteiger partial charge in [0, 0.05) is 45.0 Å². The lowest BCUT2D eigenvalue weighted by Crippen LogP contribution is -2.19. The number of benzene rings is 3. The number of ether oxygens (including phenoxy) is 1. The first-order chi connectivity index (χ1) is 14.2. The third-order valence-corrected chi connectivity index (χ3v) is 5.31. The van der Waals surface area contributed by atoms with E-state index in [4.69, 9.17) is 4.74 Å². The maximum Gasteiger partial charge on any atom is 0.323 e. The van der Waals surface area contributed by atoms with Gasteiger partial charge in [0.1, 0.15) is 5.75 Å². The molecular formula is C23H19N3O2S. The first-order valence-corrected chi connectivity index (χ1v) is 9.86. The number of methoxy groups -OCH3 is 1. The lowest BCUT2D eigenvalue weighted by atomic mass is 10.1. The van der Waals surface area contributed by atoms with Crippen LogP contribution in [-0.2, 0) is 0 Å². The van der Waals surface area contributed by atoms with Gasteiger partial charge in [0.2, 0.25) is 0 Å². The van der Waals surface area contributed by atoms with Crippen LogP contribution >= 0.6 is 11.8 Å². The van der Waals surface area contributed by atoms with Crippen molar-refractivity contribution < 1.29 is 9.53 Å². The summed E-state index contributed by atoms with van der Waals surface area (Å²) in [5, 5.41) is 7.73. The molecule has 2 amide bonds.